The zero-order valence-corrected chi connectivity index (χ0v) is 18.7. The third-order valence-electron chi connectivity index (χ3n) is 5.55. The van der Waals surface area contributed by atoms with Crippen LogP contribution in [0.25, 0.3) is 0 Å². The van der Waals surface area contributed by atoms with E-state index in [-0.39, 0.29) is 30.9 Å². The molecule has 0 aliphatic carbocycles. The molecular formula is C23H29N5O4. The maximum absolute atomic E-state index is 12.4. The Labute approximate surface area is 187 Å². The second-order valence-electron chi connectivity index (χ2n) is 7.98. The Kier molecular flexibility index (Phi) is 7.75. The molecule has 32 heavy (non-hydrogen) atoms. The van der Waals surface area contributed by atoms with E-state index < -0.39 is 5.91 Å². The fraction of sp³-hybridized carbons (Fsp3) is 0.435. The first-order chi connectivity index (χ1) is 15.3. The molecule has 170 valence electrons. The number of piperidine rings is 1. The van der Waals surface area contributed by atoms with Gasteiger partial charge in [0.05, 0.1) is 12.5 Å². The van der Waals surface area contributed by atoms with E-state index in [1.54, 1.807) is 18.5 Å². The van der Waals surface area contributed by atoms with E-state index in [4.69, 9.17) is 4.74 Å². The molecule has 0 spiro atoms. The highest BCUT2D eigenvalue weighted by atomic mass is 16.5. The van der Waals surface area contributed by atoms with Gasteiger partial charge in [0.1, 0.15) is 0 Å². The van der Waals surface area contributed by atoms with Gasteiger partial charge in [0, 0.05) is 38.2 Å². The lowest BCUT2D eigenvalue weighted by atomic mass is 9.97. The molecule has 2 heterocycles. The summed E-state index contributed by atoms with van der Waals surface area (Å²) in [6.07, 6.45) is 4.60. The van der Waals surface area contributed by atoms with Gasteiger partial charge in [-0.3, -0.25) is 14.4 Å². The van der Waals surface area contributed by atoms with Crippen LogP contribution < -0.4 is 10.2 Å². The Bertz CT molecular complexity index is 938. The number of para-hydroxylation sites is 1. The number of aryl methyl sites for hydroxylation is 2. The highest BCUT2D eigenvalue weighted by molar-refractivity contribution is 5.96. The predicted molar refractivity (Wildman–Crippen MR) is 120 cm³/mol. The zero-order valence-electron chi connectivity index (χ0n) is 18.7. The molecule has 1 aliphatic rings. The maximum Gasteiger partial charge on any atom is 0.309 e. The van der Waals surface area contributed by atoms with Crippen LogP contribution in [0.4, 0.5) is 11.6 Å². The van der Waals surface area contributed by atoms with Crippen molar-refractivity contribution >= 4 is 29.4 Å². The lowest BCUT2D eigenvalue weighted by Crippen LogP contribution is -2.40. The third kappa shape index (κ3) is 6.03. The van der Waals surface area contributed by atoms with Crippen molar-refractivity contribution in [2.45, 2.75) is 26.7 Å². The van der Waals surface area contributed by atoms with Gasteiger partial charge in [-0.25, -0.2) is 9.97 Å². The summed E-state index contributed by atoms with van der Waals surface area (Å²) < 4.78 is 5.23. The van der Waals surface area contributed by atoms with E-state index in [1.165, 1.54) is 11.9 Å². The van der Waals surface area contributed by atoms with Crippen molar-refractivity contribution in [1.29, 1.82) is 0 Å². The fourth-order valence-corrected chi connectivity index (χ4v) is 3.62. The van der Waals surface area contributed by atoms with E-state index in [0.29, 0.717) is 31.9 Å². The molecular weight excluding hydrogens is 410 g/mol. The first kappa shape index (κ1) is 23.2. The van der Waals surface area contributed by atoms with Crippen LogP contribution in [0.2, 0.25) is 0 Å². The Morgan fingerprint density at radius 3 is 2.34 bits per heavy atom. The number of esters is 1. The van der Waals surface area contributed by atoms with Crippen molar-refractivity contribution in [3.8, 4) is 0 Å². The minimum Gasteiger partial charge on any atom is -0.455 e. The number of aromatic nitrogens is 2. The summed E-state index contributed by atoms with van der Waals surface area (Å²) in [5.74, 6) is -0.735. The predicted octanol–water partition coefficient (Wildman–Crippen LogP) is 1.95. The first-order valence-corrected chi connectivity index (χ1v) is 10.6. The van der Waals surface area contributed by atoms with Crippen molar-refractivity contribution in [1.82, 2.24) is 14.9 Å². The lowest BCUT2D eigenvalue weighted by Gasteiger charge is -2.30. The largest absolute Gasteiger partial charge is 0.455 e. The van der Waals surface area contributed by atoms with Gasteiger partial charge in [-0.05, 0) is 43.9 Å². The molecule has 9 nitrogen and oxygen atoms in total. The summed E-state index contributed by atoms with van der Waals surface area (Å²) in [4.78, 5) is 48.8. The molecule has 0 atom stereocenters. The summed E-state index contributed by atoms with van der Waals surface area (Å²) in [5.41, 5.74) is 2.65. The number of hydrogen-bond acceptors (Lipinski definition) is 7. The molecule has 3 rings (SSSR count). The molecule has 0 bridgehead atoms. The summed E-state index contributed by atoms with van der Waals surface area (Å²) in [7, 11) is 1.51. The van der Waals surface area contributed by atoms with E-state index in [1.807, 2.05) is 36.9 Å². The van der Waals surface area contributed by atoms with Crippen molar-refractivity contribution in [2.24, 2.45) is 5.92 Å². The van der Waals surface area contributed by atoms with E-state index in [2.05, 4.69) is 15.3 Å². The molecule has 1 N–H and O–H groups in total. The minimum absolute atomic E-state index is 0.125. The third-order valence-corrected chi connectivity index (χ3v) is 5.55. The molecule has 0 unspecified atom stereocenters. The van der Waals surface area contributed by atoms with Crippen LogP contribution in [0.5, 0.6) is 0 Å². The van der Waals surface area contributed by atoms with Crippen LogP contribution >= 0.6 is 0 Å². The summed E-state index contributed by atoms with van der Waals surface area (Å²) in [6, 6.07) is 7.50. The average Bonchev–Trinajstić information content (AvgIpc) is 2.80. The van der Waals surface area contributed by atoms with E-state index in [9.17, 15) is 14.4 Å². The molecule has 1 aromatic carbocycles. The number of benzene rings is 1. The van der Waals surface area contributed by atoms with Crippen molar-refractivity contribution in [3.63, 3.8) is 0 Å². The molecule has 1 saturated heterocycles. The highest BCUT2D eigenvalue weighted by Gasteiger charge is 2.28. The van der Waals surface area contributed by atoms with Crippen molar-refractivity contribution in [3.05, 3.63) is 47.8 Å². The molecule has 0 radical (unpaired) electrons. The fourth-order valence-electron chi connectivity index (χ4n) is 3.62. The molecule has 2 amide bonds. The Hall–Kier alpha value is -3.49. The van der Waals surface area contributed by atoms with Gasteiger partial charge in [0.25, 0.3) is 5.91 Å². The van der Waals surface area contributed by atoms with Gasteiger partial charge in [-0.1, -0.05) is 18.2 Å². The summed E-state index contributed by atoms with van der Waals surface area (Å²) in [5, 5.41) is 2.84. The van der Waals surface area contributed by atoms with Gasteiger partial charge in [-0.15, -0.1) is 0 Å². The van der Waals surface area contributed by atoms with Crippen LogP contribution in [-0.4, -0.2) is 65.9 Å². The lowest BCUT2D eigenvalue weighted by molar-refractivity contribution is -0.155. The quantitative estimate of drug-likeness (QED) is 0.658. The van der Waals surface area contributed by atoms with Crippen LogP contribution in [-0.2, 0) is 19.1 Å². The van der Waals surface area contributed by atoms with Gasteiger partial charge in [0.2, 0.25) is 11.9 Å². The number of anilines is 2. The van der Waals surface area contributed by atoms with Crippen molar-refractivity contribution in [2.75, 3.05) is 43.5 Å². The molecule has 2 aromatic rings. The monoisotopic (exact) mass is 439 g/mol. The van der Waals surface area contributed by atoms with Gasteiger partial charge >= 0.3 is 5.97 Å². The average molecular weight is 440 g/mol. The smallest absolute Gasteiger partial charge is 0.309 e. The number of nitrogens with one attached hydrogen (secondary N) is 1. The van der Waals surface area contributed by atoms with E-state index in [0.717, 1.165) is 16.8 Å². The molecule has 0 saturated carbocycles. The minimum atomic E-state index is -0.426. The Balaban J connectivity index is 1.41. The number of nitrogens with zero attached hydrogens (tertiary/aromatic N) is 4. The van der Waals surface area contributed by atoms with Gasteiger partial charge in [-0.2, -0.15) is 0 Å². The summed E-state index contributed by atoms with van der Waals surface area (Å²) >= 11 is 0. The SMILES string of the molecule is Cc1cccc(C)c1NC(=O)CN(C)C(=O)COC(=O)C1CCN(c2ncccn2)CC1. The molecule has 1 fully saturated rings. The Morgan fingerprint density at radius 2 is 1.72 bits per heavy atom. The number of carbonyl (C=O) groups is 3. The second-order valence-corrected chi connectivity index (χ2v) is 7.98. The van der Waals surface area contributed by atoms with E-state index >= 15 is 0 Å². The standard InChI is InChI=1S/C23H29N5O4/c1-16-6-4-7-17(2)21(16)26-19(29)14-27(3)20(30)15-32-22(31)18-8-12-28(13-9-18)23-24-10-5-11-25-23/h4-7,10-11,18H,8-9,12-15H2,1-3H3,(H,26,29). The van der Waals surface area contributed by atoms with Crippen LogP contribution in [0.15, 0.2) is 36.7 Å². The van der Waals surface area contributed by atoms with Gasteiger partial charge < -0.3 is 19.9 Å². The molecule has 1 aliphatic heterocycles. The zero-order chi connectivity index (χ0) is 23.1. The first-order valence-electron chi connectivity index (χ1n) is 10.6. The number of hydrogen-bond donors (Lipinski definition) is 1. The van der Waals surface area contributed by atoms with Crippen LogP contribution in [0.3, 0.4) is 0 Å². The summed E-state index contributed by atoms with van der Waals surface area (Å²) in [6.45, 7) is 4.61. The van der Waals surface area contributed by atoms with Crippen molar-refractivity contribution < 1.29 is 19.1 Å². The van der Waals surface area contributed by atoms with Gasteiger partial charge in [0.15, 0.2) is 6.61 Å². The Morgan fingerprint density at radius 1 is 1.09 bits per heavy atom. The highest BCUT2D eigenvalue weighted by Crippen LogP contribution is 2.21. The number of rotatable bonds is 7. The number of likely N-dealkylation sites (N-methyl/N-ethyl adjacent to an activating group) is 1. The molecule has 1 aromatic heterocycles. The number of carbonyl (C=O) groups excluding carboxylic acids is 3. The number of ether oxygens (including phenoxy) is 1. The number of amides is 2. The second kappa shape index (κ2) is 10.7. The maximum atomic E-state index is 12.4. The van der Waals surface area contributed by atoms with Crippen LogP contribution in [0.1, 0.15) is 24.0 Å². The normalized spacial score (nSPS) is 14.0. The molecule has 9 heteroatoms. The van der Waals surface area contributed by atoms with Crippen LogP contribution in [0, 0.1) is 19.8 Å². The topological polar surface area (TPSA) is 105 Å².